The largest absolute Gasteiger partial charge is 0.497 e. The lowest BCUT2D eigenvalue weighted by molar-refractivity contribution is -0.141. The van der Waals surface area contributed by atoms with Crippen LogP contribution >= 0.6 is 0 Å². The number of anilines is 2. The average molecular weight is 501 g/mol. The molecule has 13 heteroatoms. The Morgan fingerprint density at radius 3 is 2.23 bits per heavy atom. The molecule has 7 nitrogen and oxygen atoms in total. The molecule has 188 valence electrons. The molecule has 0 saturated heterocycles. The van der Waals surface area contributed by atoms with E-state index in [4.69, 9.17) is 4.74 Å². The van der Waals surface area contributed by atoms with E-state index in [0.717, 1.165) is 23.1 Å². The van der Waals surface area contributed by atoms with Crippen molar-refractivity contribution < 1.29 is 35.9 Å². The van der Waals surface area contributed by atoms with E-state index in [9.17, 15) is 31.1 Å². The fourth-order valence-electron chi connectivity index (χ4n) is 3.17. The van der Waals surface area contributed by atoms with Gasteiger partial charge in [0.15, 0.2) is 12.1 Å². The fourth-order valence-corrected chi connectivity index (χ4v) is 3.17. The molecule has 3 rings (SSSR count). The number of nitrogens with one attached hydrogen (secondary N) is 3. The van der Waals surface area contributed by atoms with Crippen LogP contribution < -0.4 is 15.4 Å². The predicted octanol–water partition coefficient (Wildman–Crippen LogP) is 5.34. The highest BCUT2D eigenvalue weighted by Gasteiger charge is 2.36. The summed E-state index contributed by atoms with van der Waals surface area (Å²) in [6.07, 6.45) is -10.6. The third-order valence-electron chi connectivity index (χ3n) is 5.10. The standard InChI is InChI=1S/C22H21F6N5O2/c1-12-17(22(26,27)28)31-32-18(12)30-20(29-15-6-4-5-14(11-15)21(23,24)25)33(2)19(34)13-7-9-16(35-3)10-8-13/h4-11,20,29H,1-3H3,(H2,30,31,32). The van der Waals surface area contributed by atoms with Crippen molar-refractivity contribution in [1.29, 1.82) is 0 Å². The first-order valence-electron chi connectivity index (χ1n) is 10.0. The number of nitrogens with zero attached hydrogens (tertiary/aromatic N) is 2. The van der Waals surface area contributed by atoms with Crippen LogP contribution in [-0.2, 0) is 12.4 Å². The number of aromatic nitrogens is 2. The lowest BCUT2D eigenvalue weighted by Crippen LogP contribution is -2.47. The van der Waals surface area contributed by atoms with Crippen LogP contribution in [0.3, 0.4) is 0 Å². The summed E-state index contributed by atoms with van der Waals surface area (Å²) >= 11 is 0. The van der Waals surface area contributed by atoms with Crippen LogP contribution in [0.15, 0.2) is 48.5 Å². The quantitative estimate of drug-likeness (QED) is 0.301. The molecule has 0 radical (unpaired) electrons. The van der Waals surface area contributed by atoms with Gasteiger partial charge in [-0.25, -0.2) is 0 Å². The summed E-state index contributed by atoms with van der Waals surface area (Å²) in [5, 5.41) is 10.9. The first kappa shape index (κ1) is 25.7. The van der Waals surface area contributed by atoms with Gasteiger partial charge in [-0.2, -0.15) is 31.4 Å². The number of ether oxygens (including phenoxy) is 1. The van der Waals surface area contributed by atoms with Gasteiger partial charge < -0.3 is 20.3 Å². The molecule has 2 aromatic carbocycles. The molecule has 1 atom stereocenters. The van der Waals surface area contributed by atoms with Crippen LogP contribution in [0.2, 0.25) is 0 Å². The summed E-state index contributed by atoms with van der Waals surface area (Å²) in [7, 11) is 2.78. The molecule has 0 aliphatic heterocycles. The normalized spacial score (nSPS) is 12.7. The van der Waals surface area contributed by atoms with Crippen molar-refractivity contribution >= 4 is 17.4 Å². The van der Waals surface area contributed by atoms with Crippen LogP contribution in [0.25, 0.3) is 0 Å². The Kier molecular flexibility index (Phi) is 7.17. The summed E-state index contributed by atoms with van der Waals surface area (Å²) in [5.74, 6) is -0.321. The van der Waals surface area contributed by atoms with Gasteiger partial charge in [0.05, 0.1) is 12.7 Å². The number of amides is 1. The molecule has 0 fully saturated rings. The van der Waals surface area contributed by atoms with E-state index in [0.29, 0.717) is 5.75 Å². The maximum absolute atomic E-state index is 13.2. The van der Waals surface area contributed by atoms with Crippen LogP contribution in [-0.4, -0.2) is 41.5 Å². The number of carbonyl (C=O) groups excluding carboxylic acids is 1. The Morgan fingerprint density at radius 2 is 1.69 bits per heavy atom. The highest BCUT2D eigenvalue weighted by molar-refractivity contribution is 5.94. The lowest BCUT2D eigenvalue weighted by atomic mass is 10.2. The number of aromatic amines is 1. The summed E-state index contributed by atoms with van der Waals surface area (Å²) < 4.78 is 84.0. The number of rotatable bonds is 7. The van der Waals surface area contributed by atoms with E-state index in [1.807, 2.05) is 5.10 Å². The number of H-pyrrole nitrogens is 1. The van der Waals surface area contributed by atoms with Gasteiger partial charge in [-0.1, -0.05) is 6.07 Å². The highest BCUT2D eigenvalue weighted by atomic mass is 19.4. The van der Waals surface area contributed by atoms with Crippen LogP contribution in [0.5, 0.6) is 5.75 Å². The summed E-state index contributed by atoms with van der Waals surface area (Å²) in [6, 6.07) is 10.2. The van der Waals surface area contributed by atoms with Gasteiger partial charge in [0.25, 0.3) is 5.91 Å². The van der Waals surface area contributed by atoms with Gasteiger partial charge in [-0.15, -0.1) is 0 Å². The van der Waals surface area contributed by atoms with E-state index in [-0.39, 0.29) is 22.6 Å². The molecular formula is C22H21F6N5O2. The van der Waals surface area contributed by atoms with Gasteiger partial charge in [0.2, 0.25) is 0 Å². The van der Waals surface area contributed by atoms with E-state index in [1.54, 1.807) is 0 Å². The molecule has 3 aromatic rings. The minimum absolute atomic E-state index is 0.0315. The molecule has 1 amide bonds. The Balaban J connectivity index is 1.95. The van der Waals surface area contributed by atoms with Gasteiger partial charge in [-0.3, -0.25) is 9.89 Å². The number of hydrogen-bond donors (Lipinski definition) is 3. The second-order valence-corrected chi connectivity index (χ2v) is 7.48. The van der Waals surface area contributed by atoms with Crippen molar-refractivity contribution in [2.24, 2.45) is 0 Å². The zero-order chi connectivity index (χ0) is 26.0. The second-order valence-electron chi connectivity index (χ2n) is 7.48. The van der Waals surface area contributed by atoms with Gasteiger partial charge >= 0.3 is 12.4 Å². The van der Waals surface area contributed by atoms with E-state index >= 15 is 0 Å². The molecule has 0 bridgehead atoms. The number of halogens is 6. The van der Waals surface area contributed by atoms with Crippen LogP contribution in [0.1, 0.15) is 27.2 Å². The number of alkyl halides is 6. The molecule has 0 spiro atoms. The van der Waals surface area contributed by atoms with Crippen molar-refractivity contribution in [1.82, 2.24) is 15.1 Å². The van der Waals surface area contributed by atoms with Crippen molar-refractivity contribution in [3.8, 4) is 5.75 Å². The maximum atomic E-state index is 13.2. The SMILES string of the molecule is COc1ccc(C(=O)N(C)C(Nc2cccc(C(F)(F)F)c2)Nc2n[nH]c(C(F)(F)F)c2C)cc1. The molecule has 35 heavy (non-hydrogen) atoms. The second kappa shape index (κ2) is 9.76. The minimum Gasteiger partial charge on any atom is -0.497 e. The molecule has 3 N–H and O–H groups in total. The van der Waals surface area contributed by atoms with Crippen molar-refractivity contribution in [3.05, 3.63) is 70.9 Å². The van der Waals surface area contributed by atoms with Gasteiger partial charge in [0, 0.05) is 23.9 Å². The van der Waals surface area contributed by atoms with E-state index < -0.39 is 35.8 Å². The fraction of sp³-hybridized carbons (Fsp3) is 0.273. The van der Waals surface area contributed by atoms with Crippen molar-refractivity contribution in [3.63, 3.8) is 0 Å². The van der Waals surface area contributed by atoms with E-state index in [1.165, 1.54) is 51.4 Å². The summed E-state index contributed by atoms with van der Waals surface area (Å²) in [4.78, 5) is 14.1. The maximum Gasteiger partial charge on any atom is 0.433 e. The Morgan fingerprint density at radius 1 is 1.03 bits per heavy atom. The minimum atomic E-state index is -4.70. The lowest BCUT2D eigenvalue weighted by Gasteiger charge is -2.31. The molecule has 0 saturated carbocycles. The van der Waals surface area contributed by atoms with Crippen molar-refractivity contribution in [2.45, 2.75) is 25.6 Å². The molecule has 0 aliphatic carbocycles. The molecule has 1 unspecified atom stereocenters. The Hall–Kier alpha value is -3.90. The zero-order valence-corrected chi connectivity index (χ0v) is 18.7. The topological polar surface area (TPSA) is 82.3 Å². The number of hydrogen-bond acceptors (Lipinski definition) is 5. The third-order valence-corrected chi connectivity index (χ3v) is 5.10. The monoisotopic (exact) mass is 501 g/mol. The highest BCUT2D eigenvalue weighted by Crippen LogP contribution is 2.34. The van der Waals surface area contributed by atoms with Crippen LogP contribution in [0.4, 0.5) is 37.8 Å². The number of methoxy groups -OCH3 is 1. The number of benzene rings is 2. The molecule has 1 aromatic heterocycles. The average Bonchev–Trinajstić information content (AvgIpc) is 3.18. The van der Waals surface area contributed by atoms with Gasteiger partial charge in [0.1, 0.15) is 11.4 Å². The van der Waals surface area contributed by atoms with Crippen LogP contribution in [0, 0.1) is 6.92 Å². The zero-order valence-electron chi connectivity index (χ0n) is 18.7. The van der Waals surface area contributed by atoms with E-state index in [2.05, 4.69) is 15.7 Å². The summed E-state index contributed by atoms with van der Waals surface area (Å²) in [5.41, 5.74) is -2.14. The first-order chi connectivity index (χ1) is 16.3. The molecule has 1 heterocycles. The third kappa shape index (κ3) is 5.97. The van der Waals surface area contributed by atoms with Crippen molar-refractivity contribution in [2.75, 3.05) is 24.8 Å². The first-order valence-corrected chi connectivity index (χ1v) is 10.0. The number of carbonyl (C=O) groups is 1. The Labute approximate surface area is 196 Å². The Bertz CT molecular complexity index is 1170. The molecular weight excluding hydrogens is 480 g/mol. The smallest absolute Gasteiger partial charge is 0.433 e. The predicted molar refractivity (Wildman–Crippen MR) is 116 cm³/mol. The summed E-state index contributed by atoms with van der Waals surface area (Å²) in [6.45, 7) is 1.17. The molecule has 0 aliphatic rings. The van der Waals surface area contributed by atoms with Gasteiger partial charge in [-0.05, 0) is 49.4 Å².